The van der Waals surface area contributed by atoms with Crippen LogP contribution in [-0.2, 0) is 17.8 Å². The molecule has 3 aromatic rings. The van der Waals surface area contributed by atoms with E-state index in [1.54, 1.807) is 35.9 Å². The summed E-state index contributed by atoms with van der Waals surface area (Å²) < 4.78 is 13.7. The summed E-state index contributed by atoms with van der Waals surface area (Å²) >= 11 is 7.62. The van der Waals surface area contributed by atoms with E-state index in [0.717, 1.165) is 16.0 Å². The normalized spacial score (nSPS) is 10.6. The van der Waals surface area contributed by atoms with E-state index in [-0.39, 0.29) is 24.6 Å². The number of pyridine rings is 1. The second kappa shape index (κ2) is 8.23. The van der Waals surface area contributed by atoms with E-state index in [2.05, 4.69) is 10.3 Å². The van der Waals surface area contributed by atoms with Crippen LogP contribution in [0.5, 0.6) is 0 Å². The minimum absolute atomic E-state index is 0.152. The molecule has 25 heavy (non-hydrogen) atoms. The maximum Gasteiger partial charge on any atom is 0.220 e. The lowest BCUT2D eigenvalue weighted by Gasteiger charge is -2.08. The summed E-state index contributed by atoms with van der Waals surface area (Å²) in [5, 5.41) is 5.20. The van der Waals surface area contributed by atoms with Crippen molar-refractivity contribution in [3.63, 3.8) is 0 Å². The first-order chi connectivity index (χ1) is 12.1. The molecule has 1 aromatic carbocycles. The van der Waals surface area contributed by atoms with Crippen LogP contribution in [0.15, 0.2) is 54.2 Å². The number of hydrogen-bond acceptors (Lipinski definition) is 3. The predicted molar refractivity (Wildman–Crippen MR) is 99.1 cm³/mol. The number of rotatable bonds is 6. The highest BCUT2D eigenvalue weighted by atomic mass is 35.5. The van der Waals surface area contributed by atoms with Gasteiger partial charge in [0.25, 0.3) is 0 Å². The molecule has 1 amide bonds. The number of nitrogens with one attached hydrogen (secondary N) is 1. The molecule has 6 heteroatoms. The van der Waals surface area contributed by atoms with Gasteiger partial charge in [0, 0.05) is 46.4 Å². The molecule has 1 N–H and O–H groups in total. The van der Waals surface area contributed by atoms with E-state index < -0.39 is 0 Å². The van der Waals surface area contributed by atoms with Crippen molar-refractivity contribution in [2.45, 2.75) is 19.4 Å². The zero-order valence-electron chi connectivity index (χ0n) is 13.3. The highest BCUT2D eigenvalue weighted by molar-refractivity contribution is 7.13. The number of amides is 1. The van der Waals surface area contributed by atoms with Crippen LogP contribution in [0.25, 0.3) is 10.4 Å². The van der Waals surface area contributed by atoms with Crippen LogP contribution < -0.4 is 5.32 Å². The Morgan fingerprint density at radius 1 is 1.24 bits per heavy atom. The molecule has 0 saturated carbocycles. The maximum absolute atomic E-state index is 13.7. The standard InChI is InChI=1S/C19H16ClFN2OS/c20-16-3-1-4-17(21)15(16)6-7-19(24)23-11-13-9-14(12-22-10-13)18-5-2-8-25-18/h1-5,8-10,12H,6-7,11H2,(H,23,24). The molecule has 3 rings (SSSR count). The molecular weight excluding hydrogens is 359 g/mol. The van der Waals surface area contributed by atoms with Crippen LogP contribution in [0.3, 0.4) is 0 Å². The van der Waals surface area contributed by atoms with Crippen LogP contribution in [0.2, 0.25) is 5.02 Å². The molecular formula is C19H16ClFN2OS. The molecule has 0 spiro atoms. The Bertz CT molecular complexity index is 847. The van der Waals surface area contributed by atoms with Crippen molar-refractivity contribution in [3.8, 4) is 10.4 Å². The van der Waals surface area contributed by atoms with E-state index in [9.17, 15) is 9.18 Å². The molecule has 0 saturated heterocycles. The second-order valence-electron chi connectivity index (χ2n) is 5.54. The number of hydrogen-bond donors (Lipinski definition) is 1. The SMILES string of the molecule is O=C(CCc1c(F)cccc1Cl)NCc1cncc(-c2cccs2)c1. The van der Waals surface area contributed by atoms with E-state index in [0.29, 0.717) is 17.1 Å². The van der Waals surface area contributed by atoms with Gasteiger partial charge in [0.05, 0.1) is 0 Å². The van der Waals surface area contributed by atoms with Crippen LogP contribution in [0, 0.1) is 5.82 Å². The Morgan fingerprint density at radius 2 is 2.12 bits per heavy atom. The lowest BCUT2D eigenvalue weighted by molar-refractivity contribution is -0.121. The van der Waals surface area contributed by atoms with Crippen LogP contribution in [0.4, 0.5) is 4.39 Å². The first-order valence-electron chi connectivity index (χ1n) is 7.81. The highest BCUT2D eigenvalue weighted by Gasteiger charge is 2.10. The average molecular weight is 375 g/mol. The third kappa shape index (κ3) is 4.65. The maximum atomic E-state index is 13.7. The fraction of sp³-hybridized carbons (Fsp3) is 0.158. The topological polar surface area (TPSA) is 42.0 Å². The Kier molecular flexibility index (Phi) is 5.79. The summed E-state index contributed by atoms with van der Waals surface area (Å²) in [6.07, 6.45) is 3.98. The van der Waals surface area contributed by atoms with Gasteiger partial charge in [-0.15, -0.1) is 11.3 Å². The fourth-order valence-corrected chi connectivity index (χ4v) is 3.43. The molecule has 2 heterocycles. The summed E-state index contributed by atoms with van der Waals surface area (Å²) in [7, 11) is 0. The number of carbonyl (C=O) groups excluding carboxylic acids is 1. The summed E-state index contributed by atoms with van der Waals surface area (Å²) in [6.45, 7) is 0.385. The quantitative estimate of drug-likeness (QED) is 0.670. The van der Waals surface area contributed by atoms with Gasteiger partial charge in [0.15, 0.2) is 0 Å². The molecule has 0 bridgehead atoms. The summed E-state index contributed by atoms with van der Waals surface area (Å²) in [6, 6.07) is 10.5. The van der Waals surface area contributed by atoms with Gasteiger partial charge >= 0.3 is 0 Å². The van der Waals surface area contributed by atoms with E-state index in [4.69, 9.17) is 11.6 Å². The lowest BCUT2D eigenvalue weighted by Crippen LogP contribution is -2.23. The van der Waals surface area contributed by atoms with Gasteiger partial charge in [-0.05, 0) is 41.6 Å². The monoisotopic (exact) mass is 374 g/mol. The minimum atomic E-state index is -0.381. The van der Waals surface area contributed by atoms with Gasteiger partial charge in [-0.3, -0.25) is 9.78 Å². The number of carbonyl (C=O) groups is 1. The molecule has 0 aliphatic heterocycles. The zero-order valence-corrected chi connectivity index (χ0v) is 14.9. The van der Waals surface area contributed by atoms with Crippen LogP contribution >= 0.6 is 22.9 Å². The Labute approximate surface area is 154 Å². The van der Waals surface area contributed by atoms with Crippen molar-refractivity contribution in [2.24, 2.45) is 0 Å². The Morgan fingerprint density at radius 3 is 2.88 bits per heavy atom. The summed E-state index contributed by atoms with van der Waals surface area (Å²) in [4.78, 5) is 17.4. The predicted octanol–water partition coefficient (Wildman–Crippen LogP) is 4.85. The van der Waals surface area contributed by atoms with Gasteiger partial charge in [0.1, 0.15) is 5.82 Å². The number of aromatic nitrogens is 1. The van der Waals surface area contributed by atoms with E-state index >= 15 is 0 Å². The van der Waals surface area contributed by atoms with Crippen molar-refractivity contribution in [1.82, 2.24) is 10.3 Å². The van der Waals surface area contributed by atoms with Crippen LogP contribution in [0.1, 0.15) is 17.5 Å². The molecule has 3 nitrogen and oxygen atoms in total. The van der Waals surface area contributed by atoms with Crippen molar-refractivity contribution in [1.29, 1.82) is 0 Å². The minimum Gasteiger partial charge on any atom is -0.352 e. The second-order valence-corrected chi connectivity index (χ2v) is 6.89. The number of benzene rings is 1. The lowest BCUT2D eigenvalue weighted by atomic mass is 10.1. The first kappa shape index (κ1) is 17.6. The number of nitrogens with zero attached hydrogens (tertiary/aromatic N) is 1. The molecule has 0 aliphatic rings. The number of thiophene rings is 1. The van der Waals surface area contributed by atoms with Gasteiger partial charge in [-0.25, -0.2) is 4.39 Å². The van der Waals surface area contributed by atoms with Gasteiger partial charge < -0.3 is 5.32 Å². The largest absolute Gasteiger partial charge is 0.352 e. The van der Waals surface area contributed by atoms with E-state index in [1.165, 1.54) is 6.07 Å². The molecule has 0 fully saturated rings. The van der Waals surface area contributed by atoms with Crippen molar-refractivity contribution in [3.05, 3.63) is 76.1 Å². The first-order valence-corrected chi connectivity index (χ1v) is 9.06. The van der Waals surface area contributed by atoms with Gasteiger partial charge in [0.2, 0.25) is 5.91 Å². The fourth-order valence-electron chi connectivity index (χ4n) is 2.46. The molecule has 128 valence electrons. The van der Waals surface area contributed by atoms with E-state index in [1.807, 2.05) is 23.6 Å². The third-order valence-electron chi connectivity index (χ3n) is 3.75. The number of halogens is 2. The van der Waals surface area contributed by atoms with Crippen molar-refractivity contribution >= 4 is 28.8 Å². The molecule has 0 unspecified atom stereocenters. The zero-order chi connectivity index (χ0) is 17.6. The molecule has 0 radical (unpaired) electrons. The Hall–Kier alpha value is -2.24. The average Bonchev–Trinajstić information content (AvgIpc) is 3.14. The molecule has 0 atom stereocenters. The van der Waals surface area contributed by atoms with Gasteiger partial charge in [-0.2, -0.15) is 0 Å². The Balaban J connectivity index is 1.55. The third-order valence-corrected chi connectivity index (χ3v) is 5.03. The summed E-state index contributed by atoms with van der Waals surface area (Å²) in [5.74, 6) is -0.533. The highest BCUT2D eigenvalue weighted by Crippen LogP contribution is 2.24. The molecule has 0 aliphatic carbocycles. The molecule has 2 aromatic heterocycles. The van der Waals surface area contributed by atoms with Gasteiger partial charge in [-0.1, -0.05) is 23.7 Å². The van der Waals surface area contributed by atoms with Crippen molar-refractivity contribution in [2.75, 3.05) is 0 Å². The van der Waals surface area contributed by atoms with Crippen molar-refractivity contribution < 1.29 is 9.18 Å². The van der Waals surface area contributed by atoms with Crippen LogP contribution in [-0.4, -0.2) is 10.9 Å². The summed E-state index contributed by atoms with van der Waals surface area (Å²) in [5.41, 5.74) is 2.32. The smallest absolute Gasteiger partial charge is 0.220 e.